The van der Waals surface area contributed by atoms with Crippen molar-refractivity contribution in [2.45, 2.75) is 32.0 Å². The van der Waals surface area contributed by atoms with E-state index in [0.29, 0.717) is 12.6 Å². The molecule has 4 rings (SSSR count). The van der Waals surface area contributed by atoms with E-state index in [4.69, 9.17) is 5.73 Å². The summed E-state index contributed by atoms with van der Waals surface area (Å²) in [6, 6.07) is 17.7. The van der Waals surface area contributed by atoms with Crippen molar-refractivity contribution in [2.24, 2.45) is 5.73 Å². The third kappa shape index (κ3) is 4.52. The molecular formula is C22H25N5O. The number of aromatic nitrogens is 3. The molecule has 0 aliphatic carbocycles. The summed E-state index contributed by atoms with van der Waals surface area (Å²) >= 11 is 0. The van der Waals surface area contributed by atoms with E-state index in [1.165, 1.54) is 0 Å². The second-order valence-electron chi connectivity index (χ2n) is 7.39. The van der Waals surface area contributed by atoms with Crippen LogP contribution in [0.3, 0.4) is 0 Å². The Kier molecular flexibility index (Phi) is 5.60. The predicted octanol–water partition coefficient (Wildman–Crippen LogP) is 2.28. The van der Waals surface area contributed by atoms with Gasteiger partial charge >= 0.3 is 0 Å². The number of hydrogen-bond acceptors (Lipinski definition) is 5. The molecule has 0 saturated carbocycles. The number of benzene rings is 1. The van der Waals surface area contributed by atoms with Crippen LogP contribution in [0, 0.1) is 0 Å². The van der Waals surface area contributed by atoms with E-state index in [1.807, 2.05) is 42.5 Å². The fraction of sp³-hybridized carbons (Fsp3) is 0.318. The van der Waals surface area contributed by atoms with Gasteiger partial charge in [-0.25, -0.2) is 0 Å². The first-order valence-corrected chi connectivity index (χ1v) is 9.73. The lowest BCUT2D eigenvalue weighted by Gasteiger charge is -2.29. The lowest BCUT2D eigenvalue weighted by Crippen LogP contribution is -2.39. The molecule has 0 unspecified atom stereocenters. The van der Waals surface area contributed by atoms with E-state index in [-0.39, 0.29) is 5.56 Å². The van der Waals surface area contributed by atoms with E-state index in [0.717, 1.165) is 55.0 Å². The molecular weight excluding hydrogens is 350 g/mol. The zero-order valence-corrected chi connectivity index (χ0v) is 15.9. The Balaban J connectivity index is 1.40. The zero-order valence-electron chi connectivity index (χ0n) is 15.9. The summed E-state index contributed by atoms with van der Waals surface area (Å²) in [7, 11) is 0. The number of rotatable bonds is 5. The van der Waals surface area contributed by atoms with Crippen LogP contribution in [0.5, 0.6) is 0 Å². The molecule has 3 heterocycles. The SMILES string of the molecule is NC1CCN(Cc2ccc(-c3ccc(Cn4ccccc4=O)cc3)nn2)CC1. The van der Waals surface area contributed by atoms with Crippen molar-refractivity contribution >= 4 is 0 Å². The number of piperidine rings is 1. The normalized spacial score (nSPS) is 15.6. The Bertz CT molecular complexity index is 957. The van der Waals surface area contributed by atoms with E-state index in [9.17, 15) is 4.79 Å². The Morgan fingerprint density at radius 1 is 0.929 bits per heavy atom. The van der Waals surface area contributed by atoms with Crippen LogP contribution in [-0.4, -0.2) is 38.8 Å². The third-order valence-corrected chi connectivity index (χ3v) is 5.24. The average molecular weight is 375 g/mol. The number of hydrogen-bond donors (Lipinski definition) is 1. The lowest BCUT2D eigenvalue weighted by atomic mass is 10.1. The van der Waals surface area contributed by atoms with Crippen LogP contribution in [0.1, 0.15) is 24.1 Å². The quantitative estimate of drug-likeness (QED) is 0.740. The first-order chi connectivity index (χ1) is 13.7. The fourth-order valence-electron chi connectivity index (χ4n) is 3.51. The van der Waals surface area contributed by atoms with Crippen LogP contribution in [0.25, 0.3) is 11.3 Å². The predicted molar refractivity (Wildman–Crippen MR) is 110 cm³/mol. The van der Waals surface area contributed by atoms with Gasteiger partial charge in [0.05, 0.1) is 17.9 Å². The highest BCUT2D eigenvalue weighted by Crippen LogP contribution is 2.18. The van der Waals surface area contributed by atoms with Crippen molar-refractivity contribution in [1.29, 1.82) is 0 Å². The summed E-state index contributed by atoms with van der Waals surface area (Å²) in [6.45, 7) is 3.43. The van der Waals surface area contributed by atoms with Crippen LogP contribution in [-0.2, 0) is 13.1 Å². The Morgan fingerprint density at radius 3 is 2.39 bits per heavy atom. The monoisotopic (exact) mass is 375 g/mol. The second-order valence-corrected chi connectivity index (χ2v) is 7.39. The Morgan fingerprint density at radius 2 is 1.71 bits per heavy atom. The molecule has 2 N–H and O–H groups in total. The molecule has 0 radical (unpaired) electrons. The van der Waals surface area contributed by atoms with Gasteiger partial charge in [0.25, 0.3) is 5.56 Å². The molecule has 0 amide bonds. The maximum atomic E-state index is 11.8. The smallest absolute Gasteiger partial charge is 0.250 e. The third-order valence-electron chi connectivity index (χ3n) is 5.24. The molecule has 3 aromatic rings. The van der Waals surface area contributed by atoms with Gasteiger partial charge in [0.1, 0.15) is 0 Å². The van der Waals surface area contributed by atoms with Gasteiger partial charge in [0.2, 0.25) is 0 Å². The lowest BCUT2D eigenvalue weighted by molar-refractivity contribution is 0.203. The van der Waals surface area contributed by atoms with Gasteiger partial charge in [0, 0.05) is 43.5 Å². The summed E-state index contributed by atoms with van der Waals surface area (Å²) in [5.41, 5.74) is 9.90. The number of nitrogens with zero attached hydrogens (tertiary/aromatic N) is 4. The summed E-state index contributed by atoms with van der Waals surface area (Å²) in [5.74, 6) is 0. The highest BCUT2D eigenvalue weighted by Gasteiger charge is 2.16. The van der Waals surface area contributed by atoms with E-state index < -0.39 is 0 Å². The molecule has 1 saturated heterocycles. The molecule has 0 atom stereocenters. The molecule has 1 aromatic carbocycles. The minimum atomic E-state index is 0.00345. The number of likely N-dealkylation sites (tertiary alicyclic amines) is 1. The molecule has 28 heavy (non-hydrogen) atoms. The Labute approximate surface area is 164 Å². The maximum absolute atomic E-state index is 11.8. The van der Waals surface area contributed by atoms with Gasteiger partial charge in [-0.1, -0.05) is 30.3 Å². The van der Waals surface area contributed by atoms with Crippen molar-refractivity contribution in [1.82, 2.24) is 19.7 Å². The molecule has 1 aliphatic heterocycles. The van der Waals surface area contributed by atoms with Gasteiger partial charge in [0.15, 0.2) is 0 Å². The van der Waals surface area contributed by atoms with E-state index in [2.05, 4.69) is 15.1 Å². The maximum Gasteiger partial charge on any atom is 0.250 e. The first kappa shape index (κ1) is 18.5. The van der Waals surface area contributed by atoms with Gasteiger partial charge in [-0.05, 0) is 36.6 Å². The van der Waals surface area contributed by atoms with Crippen molar-refractivity contribution in [3.63, 3.8) is 0 Å². The summed E-state index contributed by atoms with van der Waals surface area (Å²) < 4.78 is 1.69. The number of nitrogens with two attached hydrogens (primary N) is 1. The number of pyridine rings is 1. The standard InChI is InChI=1S/C22H25N5O/c23-19-10-13-26(14-11-19)16-20-8-9-21(25-24-20)18-6-4-17(5-7-18)15-27-12-2-1-3-22(27)28/h1-9,12,19H,10-11,13-16,23H2. The van der Waals surface area contributed by atoms with Crippen LogP contribution < -0.4 is 11.3 Å². The first-order valence-electron chi connectivity index (χ1n) is 9.73. The van der Waals surface area contributed by atoms with Crippen LogP contribution >= 0.6 is 0 Å². The minimum Gasteiger partial charge on any atom is -0.328 e. The van der Waals surface area contributed by atoms with E-state index >= 15 is 0 Å². The molecule has 1 aliphatic rings. The molecule has 6 heteroatoms. The summed E-state index contributed by atoms with van der Waals surface area (Å²) in [5, 5.41) is 8.80. The van der Waals surface area contributed by atoms with Gasteiger partial charge in [-0.2, -0.15) is 10.2 Å². The van der Waals surface area contributed by atoms with Crippen LogP contribution in [0.4, 0.5) is 0 Å². The molecule has 6 nitrogen and oxygen atoms in total. The molecule has 144 valence electrons. The second kappa shape index (κ2) is 8.46. The highest BCUT2D eigenvalue weighted by atomic mass is 16.1. The van der Waals surface area contributed by atoms with Crippen molar-refractivity contribution in [3.05, 3.63) is 82.4 Å². The molecule has 0 bridgehead atoms. The largest absolute Gasteiger partial charge is 0.328 e. The van der Waals surface area contributed by atoms with Gasteiger partial charge in [-0.15, -0.1) is 0 Å². The van der Waals surface area contributed by atoms with Crippen molar-refractivity contribution < 1.29 is 0 Å². The average Bonchev–Trinajstić information content (AvgIpc) is 2.73. The van der Waals surface area contributed by atoms with Crippen molar-refractivity contribution in [2.75, 3.05) is 13.1 Å². The van der Waals surface area contributed by atoms with Gasteiger partial charge < -0.3 is 10.3 Å². The molecule has 1 fully saturated rings. The Hall–Kier alpha value is -2.83. The zero-order chi connectivity index (χ0) is 19.3. The van der Waals surface area contributed by atoms with Crippen molar-refractivity contribution in [3.8, 4) is 11.3 Å². The molecule has 2 aromatic heterocycles. The minimum absolute atomic E-state index is 0.00345. The summed E-state index contributed by atoms with van der Waals surface area (Å²) in [6.07, 6.45) is 3.90. The highest BCUT2D eigenvalue weighted by molar-refractivity contribution is 5.58. The molecule has 0 spiro atoms. The summed E-state index contributed by atoms with van der Waals surface area (Å²) in [4.78, 5) is 14.2. The van der Waals surface area contributed by atoms with Gasteiger partial charge in [-0.3, -0.25) is 9.69 Å². The van der Waals surface area contributed by atoms with Crippen LogP contribution in [0.15, 0.2) is 65.6 Å². The topological polar surface area (TPSA) is 77.0 Å². The van der Waals surface area contributed by atoms with Crippen LogP contribution in [0.2, 0.25) is 0 Å². The van der Waals surface area contributed by atoms with E-state index in [1.54, 1.807) is 22.9 Å². The fourth-order valence-corrected chi connectivity index (χ4v) is 3.51.